The average Bonchev–Trinajstić information content (AvgIpc) is 3.02. The minimum absolute atomic E-state index is 0.367. The van der Waals surface area contributed by atoms with Crippen molar-refractivity contribution in [3.63, 3.8) is 0 Å². The van der Waals surface area contributed by atoms with E-state index in [0.29, 0.717) is 5.88 Å². The average molecular weight is 341 g/mol. The molecule has 0 unspecified atom stereocenters. The van der Waals surface area contributed by atoms with Gasteiger partial charge in [0.05, 0.1) is 12.1 Å². The Morgan fingerprint density at radius 1 is 1.42 bits per heavy atom. The lowest BCUT2D eigenvalue weighted by atomic mass is 10.3. The Morgan fingerprint density at radius 2 is 2.32 bits per heavy atom. The number of furan rings is 1. The first-order valence-corrected chi connectivity index (χ1v) is 7.19. The van der Waals surface area contributed by atoms with Crippen molar-refractivity contribution in [1.82, 2.24) is 14.5 Å². The van der Waals surface area contributed by atoms with Gasteiger partial charge in [0.1, 0.15) is 17.1 Å². The number of imidazole rings is 1. The van der Waals surface area contributed by atoms with Crippen LogP contribution in [0.3, 0.4) is 0 Å². The summed E-state index contributed by atoms with van der Waals surface area (Å²) in [5.74, 6) is 2.14. The predicted molar refractivity (Wildman–Crippen MR) is 77.2 cm³/mol. The monoisotopic (exact) mass is 339 g/mol. The van der Waals surface area contributed by atoms with Gasteiger partial charge in [-0.1, -0.05) is 0 Å². The van der Waals surface area contributed by atoms with Crippen molar-refractivity contribution in [3.8, 4) is 0 Å². The van der Waals surface area contributed by atoms with E-state index in [-0.39, 0.29) is 0 Å². The van der Waals surface area contributed by atoms with Gasteiger partial charge in [-0.15, -0.1) is 11.6 Å². The highest BCUT2D eigenvalue weighted by Gasteiger charge is 2.11. The smallest absolute Gasteiger partial charge is 0.160 e. The highest BCUT2D eigenvalue weighted by Crippen LogP contribution is 2.20. The molecule has 3 heterocycles. The molecular formula is C13H11BrClN3O. The van der Waals surface area contributed by atoms with Gasteiger partial charge in [0, 0.05) is 23.6 Å². The quantitative estimate of drug-likeness (QED) is 0.679. The van der Waals surface area contributed by atoms with Crippen molar-refractivity contribution in [2.45, 2.75) is 18.8 Å². The molecular weight excluding hydrogens is 330 g/mol. The third-order valence-electron chi connectivity index (χ3n) is 2.91. The number of nitrogens with zero attached hydrogens (tertiary/aromatic N) is 3. The molecule has 98 valence electrons. The van der Waals surface area contributed by atoms with E-state index in [1.54, 1.807) is 12.5 Å². The number of aromatic nitrogens is 3. The van der Waals surface area contributed by atoms with E-state index < -0.39 is 0 Å². The Hall–Kier alpha value is -1.33. The van der Waals surface area contributed by atoms with Crippen molar-refractivity contribution in [1.29, 1.82) is 0 Å². The standard InChI is InChI=1S/C13H11BrClN3O/c14-9-6-11-13(16-8-9)18(12(7-15)17-11)4-3-10-2-1-5-19-10/h1-2,5-6,8H,3-4,7H2. The van der Waals surface area contributed by atoms with Crippen LogP contribution in [0.2, 0.25) is 0 Å². The number of alkyl halides is 1. The minimum atomic E-state index is 0.367. The van der Waals surface area contributed by atoms with Crippen molar-refractivity contribution >= 4 is 38.7 Å². The summed E-state index contributed by atoms with van der Waals surface area (Å²) in [7, 11) is 0. The van der Waals surface area contributed by atoms with Crippen LogP contribution < -0.4 is 0 Å². The van der Waals surface area contributed by atoms with Crippen LogP contribution in [0.4, 0.5) is 0 Å². The predicted octanol–water partition coefficient (Wildman–Crippen LogP) is 3.77. The molecule has 0 saturated carbocycles. The van der Waals surface area contributed by atoms with Crippen LogP contribution >= 0.6 is 27.5 Å². The Labute approximate surface area is 123 Å². The zero-order valence-electron chi connectivity index (χ0n) is 10.0. The molecule has 3 aromatic heterocycles. The first kappa shape index (κ1) is 12.7. The first-order valence-electron chi connectivity index (χ1n) is 5.87. The van der Waals surface area contributed by atoms with Crippen molar-refractivity contribution in [2.24, 2.45) is 0 Å². The molecule has 0 bridgehead atoms. The molecule has 0 N–H and O–H groups in total. The highest BCUT2D eigenvalue weighted by molar-refractivity contribution is 9.10. The summed E-state index contributed by atoms with van der Waals surface area (Å²) in [5, 5.41) is 0. The summed E-state index contributed by atoms with van der Waals surface area (Å²) in [6.07, 6.45) is 4.24. The summed E-state index contributed by atoms with van der Waals surface area (Å²) in [5.41, 5.74) is 1.70. The molecule has 0 spiro atoms. The van der Waals surface area contributed by atoms with Gasteiger partial charge >= 0.3 is 0 Å². The summed E-state index contributed by atoms with van der Waals surface area (Å²) < 4.78 is 8.29. The number of hydrogen-bond acceptors (Lipinski definition) is 3. The van der Waals surface area contributed by atoms with E-state index >= 15 is 0 Å². The van der Waals surface area contributed by atoms with Gasteiger partial charge < -0.3 is 8.98 Å². The maximum absolute atomic E-state index is 5.96. The van der Waals surface area contributed by atoms with Crippen LogP contribution in [0.15, 0.2) is 39.5 Å². The Bertz CT molecular complexity index is 693. The molecule has 0 aromatic carbocycles. The van der Waals surface area contributed by atoms with Gasteiger partial charge in [-0.25, -0.2) is 9.97 Å². The van der Waals surface area contributed by atoms with Gasteiger partial charge in [-0.3, -0.25) is 0 Å². The van der Waals surface area contributed by atoms with Crippen molar-refractivity contribution in [2.75, 3.05) is 0 Å². The summed E-state index contributed by atoms with van der Waals surface area (Å²) in [6, 6.07) is 5.80. The molecule has 0 aliphatic heterocycles. The van der Waals surface area contributed by atoms with Gasteiger partial charge in [-0.05, 0) is 34.1 Å². The highest BCUT2D eigenvalue weighted by atomic mass is 79.9. The van der Waals surface area contributed by atoms with Crippen LogP contribution in [0, 0.1) is 0 Å². The molecule has 0 atom stereocenters. The lowest BCUT2D eigenvalue weighted by molar-refractivity contribution is 0.491. The van der Waals surface area contributed by atoms with Crippen molar-refractivity contribution < 1.29 is 4.42 Å². The first-order chi connectivity index (χ1) is 9.28. The fraction of sp³-hybridized carbons (Fsp3) is 0.231. The fourth-order valence-electron chi connectivity index (χ4n) is 2.05. The van der Waals surface area contributed by atoms with Gasteiger partial charge in [-0.2, -0.15) is 0 Å². The maximum Gasteiger partial charge on any atom is 0.160 e. The van der Waals surface area contributed by atoms with E-state index in [1.165, 1.54) is 0 Å². The lowest BCUT2D eigenvalue weighted by Gasteiger charge is -2.05. The molecule has 3 aromatic rings. The normalized spacial score (nSPS) is 11.3. The van der Waals surface area contributed by atoms with E-state index in [2.05, 4.69) is 25.9 Å². The Kier molecular flexibility index (Phi) is 3.57. The second-order valence-electron chi connectivity index (χ2n) is 4.14. The zero-order valence-corrected chi connectivity index (χ0v) is 12.4. The number of halogens is 2. The SMILES string of the molecule is ClCc1nc2cc(Br)cnc2n1CCc1ccco1. The molecule has 0 saturated heterocycles. The second kappa shape index (κ2) is 5.35. The molecule has 19 heavy (non-hydrogen) atoms. The Morgan fingerprint density at radius 3 is 3.05 bits per heavy atom. The van der Waals surface area contributed by atoms with Gasteiger partial charge in [0.25, 0.3) is 0 Å². The van der Waals surface area contributed by atoms with Crippen LogP contribution in [0.5, 0.6) is 0 Å². The Balaban J connectivity index is 1.96. The lowest BCUT2D eigenvalue weighted by Crippen LogP contribution is -2.05. The number of fused-ring (bicyclic) bond motifs is 1. The van der Waals surface area contributed by atoms with E-state index in [4.69, 9.17) is 16.0 Å². The topological polar surface area (TPSA) is 43.9 Å². The number of hydrogen-bond donors (Lipinski definition) is 0. The zero-order chi connectivity index (χ0) is 13.2. The minimum Gasteiger partial charge on any atom is -0.469 e. The summed E-state index contributed by atoms with van der Waals surface area (Å²) >= 11 is 9.36. The molecule has 3 rings (SSSR count). The van der Waals surface area contributed by atoms with E-state index in [1.807, 2.05) is 22.8 Å². The molecule has 0 amide bonds. The van der Waals surface area contributed by atoms with Crippen LogP contribution in [-0.2, 0) is 18.8 Å². The molecule has 0 fully saturated rings. The molecule has 6 heteroatoms. The molecule has 4 nitrogen and oxygen atoms in total. The second-order valence-corrected chi connectivity index (χ2v) is 5.32. The van der Waals surface area contributed by atoms with Crippen molar-refractivity contribution in [3.05, 3.63) is 46.7 Å². The molecule has 0 aliphatic carbocycles. The van der Waals surface area contributed by atoms with Crippen LogP contribution in [0.1, 0.15) is 11.6 Å². The third-order valence-corrected chi connectivity index (χ3v) is 3.58. The van der Waals surface area contributed by atoms with E-state index in [0.717, 1.165) is 40.2 Å². The number of rotatable bonds is 4. The third kappa shape index (κ3) is 2.53. The maximum atomic E-state index is 5.96. The van der Waals surface area contributed by atoms with Crippen LogP contribution in [-0.4, -0.2) is 14.5 Å². The summed E-state index contributed by atoms with van der Waals surface area (Å²) in [4.78, 5) is 8.91. The molecule has 0 radical (unpaired) electrons. The van der Waals surface area contributed by atoms with E-state index in [9.17, 15) is 0 Å². The largest absolute Gasteiger partial charge is 0.469 e. The van der Waals surface area contributed by atoms with Gasteiger partial charge in [0.2, 0.25) is 0 Å². The molecule has 0 aliphatic rings. The van der Waals surface area contributed by atoms with Crippen LogP contribution in [0.25, 0.3) is 11.2 Å². The number of aryl methyl sites for hydroxylation is 2. The van der Waals surface area contributed by atoms with Gasteiger partial charge in [0.15, 0.2) is 5.65 Å². The summed E-state index contributed by atoms with van der Waals surface area (Å²) in [6.45, 7) is 0.751. The fourth-order valence-corrected chi connectivity index (χ4v) is 2.57. The number of pyridine rings is 1.